The number of ether oxygens (including phenoxy) is 2. The number of amides is 2. The molecule has 0 aliphatic carbocycles. The highest BCUT2D eigenvalue weighted by Crippen LogP contribution is 2.37. The minimum absolute atomic E-state index is 0.0548. The highest BCUT2D eigenvalue weighted by Gasteiger charge is 2.41. The Morgan fingerprint density at radius 2 is 1.56 bits per heavy atom. The van der Waals surface area contributed by atoms with E-state index >= 15 is 0 Å². The van der Waals surface area contributed by atoms with Gasteiger partial charge in [0.05, 0.1) is 24.5 Å². The number of hydrogen-bond acceptors (Lipinski definition) is 5. The van der Waals surface area contributed by atoms with Gasteiger partial charge in [0.1, 0.15) is 17.2 Å². The fraction of sp³-hybridized carbons (Fsp3) is 0.214. The summed E-state index contributed by atoms with van der Waals surface area (Å²) in [6.07, 6.45) is 0.0548. The summed E-state index contributed by atoms with van der Waals surface area (Å²) in [6, 6.07) is 20.0. The molecule has 0 spiro atoms. The van der Waals surface area contributed by atoms with Gasteiger partial charge in [-0.1, -0.05) is 24.3 Å². The second-order valence-electron chi connectivity index (χ2n) is 8.48. The van der Waals surface area contributed by atoms with E-state index in [4.69, 9.17) is 9.47 Å². The van der Waals surface area contributed by atoms with Gasteiger partial charge in [0, 0.05) is 11.3 Å². The number of anilines is 2. The quantitative estimate of drug-likeness (QED) is 0.476. The van der Waals surface area contributed by atoms with E-state index in [9.17, 15) is 9.59 Å². The van der Waals surface area contributed by atoms with Crippen molar-refractivity contribution in [1.82, 2.24) is 0 Å². The van der Waals surface area contributed by atoms with Crippen LogP contribution in [0.25, 0.3) is 5.57 Å². The number of benzene rings is 3. The van der Waals surface area contributed by atoms with Crippen LogP contribution in [0.3, 0.4) is 0 Å². The van der Waals surface area contributed by atoms with Crippen molar-refractivity contribution < 1.29 is 19.1 Å². The summed E-state index contributed by atoms with van der Waals surface area (Å²) in [7, 11) is 1.54. The first-order valence-corrected chi connectivity index (χ1v) is 11.2. The first-order valence-electron chi connectivity index (χ1n) is 11.2. The maximum Gasteiger partial charge on any atom is 0.282 e. The van der Waals surface area contributed by atoms with Crippen molar-refractivity contribution in [1.29, 1.82) is 0 Å². The number of hydrogen-bond donors (Lipinski definition) is 1. The van der Waals surface area contributed by atoms with Gasteiger partial charge < -0.3 is 14.8 Å². The van der Waals surface area contributed by atoms with E-state index in [1.54, 1.807) is 25.3 Å². The van der Waals surface area contributed by atoms with Gasteiger partial charge in [-0.3, -0.25) is 9.59 Å². The number of carbonyl (C=O) groups is 2. The molecular formula is C28H28N2O4. The van der Waals surface area contributed by atoms with Gasteiger partial charge in [0.15, 0.2) is 0 Å². The first-order chi connectivity index (χ1) is 16.3. The molecule has 0 fully saturated rings. The summed E-state index contributed by atoms with van der Waals surface area (Å²) in [5.74, 6) is 0.419. The molecule has 1 aliphatic rings. The molecule has 1 aliphatic heterocycles. The Balaban J connectivity index is 1.79. The van der Waals surface area contributed by atoms with Crippen molar-refractivity contribution in [3.05, 3.63) is 89.1 Å². The second kappa shape index (κ2) is 9.43. The lowest BCUT2D eigenvalue weighted by molar-refractivity contribution is -0.120. The van der Waals surface area contributed by atoms with E-state index in [-0.39, 0.29) is 17.4 Å². The lowest BCUT2D eigenvalue weighted by Crippen LogP contribution is -2.32. The van der Waals surface area contributed by atoms with Crippen molar-refractivity contribution in [3.8, 4) is 11.5 Å². The van der Waals surface area contributed by atoms with Gasteiger partial charge in [0.25, 0.3) is 11.8 Å². The Labute approximate surface area is 199 Å². The summed E-state index contributed by atoms with van der Waals surface area (Å²) < 4.78 is 11.2. The Hall–Kier alpha value is -4.06. The van der Waals surface area contributed by atoms with Crippen molar-refractivity contribution in [2.75, 3.05) is 17.3 Å². The molecule has 1 heterocycles. The highest BCUT2D eigenvalue weighted by atomic mass is 16.5. The SMILES string of the molecule is COc1ccccc1C1=C(Nc2ccc(OC(C)C)cc2)C(=O)N(c2ccc(C)c(C)c2)C1=O. The third-order valence-corrected chi connectivity index (χ3v) is 5.70. The molecule has 0 aromatic heterocycles. The van der Waals surface area contributed by atoms with E-state index in [0.717, 1.165) is 16.9 Å². The van der Waals surface area contributed by atoms with Crippen LogP contribution in [0, 0.1) is 13.8 Å². The van der Waals surface area contributed by atoms with Crippen LogP contribution in [-0.4, -0.2) is 25.0 Å². The molecule has 4 rings (SSSR count). The predicted octanol–water partition coefficient (Wildman–Crippen LogP) is 5.50. The minimum atomic E-state index is -0.420. The minimum Gasteiger partial charge on any atom is -0.496 e. The maximum atomic E-state index is 13.7. The molecule has 6 heteroatoms. The largest absolute Gasteiger partial charge is 0.496 e. The molecule has 0 saturated carbocycles. The number of aryl methyl sites for hydroxylation is 2. The molecular weight excluding hydrogens is 428 g/mol. The van der Waals surface area contributed by atoms with Gasteiger partial charge in [-0.05, 0) is 81.3 Å². The second-order valence-corrected chi connectivity index (χ2v) is 8.48. The van der Waals surface area contributed by atoms with Crippen LogP contribution in [0.2, 0.25) is 0 Å². The molecule has 6 nitrogen and oxygen atoms in total. The molecule has 1 N–H and O–H groups in total. The Kier molecular flexibility index (Phi) is 6.41. The monoisotopic (exact) mass is 456 g/mol. The smallest absolute Gasteiger partial charge is 0.282 e. The molecule has 3 aromatic rings. The van der Waals surface area contributed by atoms with Crippen LogP contribution in [0.1, 0.15) is 30.5 Å². The molecule has 2 amide bonds. The summed E-state index contributed by atoms with van der Waals surface area (Å²) >= 11 is 0. The van der Waals surface area contributed by atoms with Crippen LogP contribution >= 0.6 is 0 Å². The van der Waals surface area contributed by atoms with Crippen molar-refractivity contribution in [3.63, 3.8) is 0 Å². The lowest BCUT2D eigenvalue weighted by atomic mass is 10.0. The number of rotatable bonds is 7. The van der Waals surface area contributed by atoms with E-state index in [1.165, 1.54) is 4.90 Å². The average Bonchev–Trinajstić information content (AvgIpc) is 3.05. The molecule has 0 radical (unpaired) electrons. The van der Waals surface area contributed by atoms with Gasteiger partial charge in [-0.15, -0.1) is 0 Å². The van der Waals surface area contributed by atoms with Gasteiger partial charge >= 0.3 is 0 Å². The summed E-state index contributed by atoms with van der Waals surface area (Å²) in [5, 5.41) is 3.18. The topological polar surface area (TPSA) is 67.9 Å². The number of methoxy groups -OCH3 is 1. The zero-order chi connectivity index (χ0) is 24.4. The van der Waals surface area contributed by atoms with Gasteiger partial charge in [-0.2, -0.15) is 0 Å². The predicted molar refractivity (Wildman–Crippen MR) is 134 cm³/mol. The third-order valence-electron chi connectivity index (χ3n) is 5.70. The molecule has 3 aromatic carbocycles. The summed E-state index contributed by atoms with van der Waals surface area (Å²) in [4.78, 5) is 28.5. The van der Waals surface area contributed by atoms with Crippen LogP contribution < -0.4 is 19.7 Å². The van der Waals surface area contributed by atoms with Crippen LogP contribution in [0.15, 0.2) is 72.4 Å². The van der Waals surface area contributed by atoms with Crippen LogP contribution in [-0.2, 0) is 9.59 Å². The Morgan fingerprint density at radius 1 is 0.853 bits per heavy atom. The standard InChI is InChI=1S/C28H28N2O4/c1-17(2)34-22-14-11-20(12-15-22)29-26-25(23-8-6-7-9-24(23)33-5)27(31)30(28(26)32)21-13-10-18(3)19(4)16-21/h6-17,29H,1-5H3. The fourth-order valence-corrected chi connectivity index (χ4v) is 3.88. The van der Waals surface area contributed by atoms with Gasteiger partial charge in [-0.25, -0.2) is 4.90 Å². The number of nitrogens with one attached hydrogen (secondary N) is 1. The molecule has 34 heavy (non-hydrogen) atoms. The average molecular weight is 457 g/mol. The molecule has 0 atom stereocenters. The lowest BCUT2D eigenvalue weighted by Gasteiger charge is -2.17. The van der Waals surface area contributed by atoms with E-state index in [0.29, 0.717) is 22.7 Å². The van der Waals surface area contributed by atoms with Crippen LogP contribution in [0.5, 0.6) is 11.5 Å². The third kappa shape index (κ3) is 4.39. The summed E-state index contributed by atoms with van der Waals surface area (Å²) in [6.45, 7) is 7.87. The molecule has 0 saturated heterocycles. The summed E-state index contributed by atoms with van der Waals surface area (Å²) in [5.41, 5.74) is 4.30. The van der Waals surface area contributed by atoms with Crippen molar-refractivity contribution >= 4 is 28.8 Å². The maximum absolute atomic E-state index is 13.7. The van der Waals surface area contributed by atoms with Gasteiger partial charge in [0.2, 0.25) is 0 Å². The van der Waals surface area contributed by atoms with E-state index in [1.807, 2.05) is 76.2 Å². The number of carbonyl (C=O) groups excluding carboxylic acids is 2. The highest BCUT2D eigenvalue weighted by molar-refractivity contribution is 6.46. The normalized spacial score (nSPS) is 13.6. The molecule has 174 valence electrons. The zero-order valence-electron chi connectivity index (χ0n) is 20.0. The Morgan fingerprint density at radius 3 is 2.21 bits per heavy atom. The zero-order valence-corrected chi connectivity index (χ0v) is 20.0. The number of nitrogens with zero attached hydrogens (tertiary/aromatic N) is 1. The first kappa shape index (κ1) is 23.1. The number of para-hydroxylation sites is 1. The van der Waals surface area contributed by atoms with Crippen molar-refractivity contribution in [2.24, 2.45) is 0 Å². The Bertz CT molecular complexity index is 1280. The van der Waals surface area contributed by atoms with E-state index < -0.39 is 11.8 Å². The van der Waals surface area contributed by atoms with E-state index in [2.05, 4.69) is 5.32 Å². The van der Waals surface area contributed by atoms with Crippen molar-refractivity contribution in [2.45, 2.75) is 33.8 Å². The molecule has 0 unspecified atom stereocenters. The number of imide groups is 1. The van der Waals surface area contributed by atoms with Crippen LogP contribution in [0.4, 0.5) is 11.4 Å². The fourth-order valence-electron chi connectivity index (χ4n) is 3.88. The molecule has 0 bridgehead atoms.